The van der Waals surface area contributed by atoms with Gasteiger partial charge in [0.2, 0.25) is 0 Å². The Morgan fingerprint density at radius 1 is 0.963 bits per heavy atom. The van der Waals surface area contributed by atoms with Crippen molar-refractivity contribution >= 4 is 5.91 Å². The summed E-state index contributed by atoms with van der Waals surface area (Å²) in [6.07, 6.45) is 3.32. The van der Waals surface area contributed by atoms with E-state index in [1.165, 1.54) is 6.42 Å². The topological polar surface area (TPSA) is 47.4 Å². The highest BCUT2D eigenvalue weighted by molar-refractivity contribution is 5.94. The van der Waals surface area contributed by atoms with Gasteiger partial charge in [-0.3, -0.25) is 4.79 Å². The number of aromatic nitrogens is 2. The average Bonchev–Trinajstić information content (AvgIpc) is 3.20. The molecule has 5 nitrogen and oxygen atoms in total. The quantitative estimate of drug-likeness (QED) is 0.701. The van der Waals surface area contributed by atoms with Gasteiger partial charge in [0.05, 0.1) is 18.5 Å². The lowest BCUT2D eigenvalue weighted by Crippen LogP contribution is -2.36. The minimum Gasteiger partial charge on any atom is -0.497 e. The molecule has 27 heavy (non-hydrogen) atoms. The van der Waals surface area contributed by atoms with E-state index in [-0.39, 0.29) is 5.91 Å². The van der Waals surface area contributed by atoms with E-state index < -0.39 is 0 Å². The van der Waals surface area contributed by atoms with E-state index >= 15 is 0 Å². The maximum Gasteiger partial charge on any atom is 0.272 e. The molecule has 1 aromatic heterocycles. The number of carbonyl (C=O) groups excluding carboxylic acids is 1. The number of para-hydroxylation sites is 1. The van der Waals surface area contributed by atoms with Gasteiger partial charge in [-0.25, -0.2) is 4.68 Å². The van der Waals surface area contributed by atoms with Crippen LogP contribution in [0.2, 0.25) is 0 Å². The number of hydrogen-bond donors (Lipinski definition) is 0. The number of benzene rings is 2. The Kier molecular flexibility index (Phi) is 4.92. The standard InChI is InChI=1S/C22H23N3O2/c1-27-19-12-8-9-17(15-19)20-16-21(22(26)24-13-6-3-7-14-24)25(23-20)18-10-4-2-5-11-18/h2,4-5,8-12,15-16H,3,6-7,13-14H2,1H3. The largest absolute Gasteiger partial charge is 0.497 e. The SMILES string of the molecule is COc1cccc(-c2cc(C(=O)N3CCCCC3)n(-c3ccccc3)n2)c1. The fourth-order valence-corrected chi connectivity index (χ4v) is 3.48. The molecular formula is C22H23N3O2. The van der Waals surface area contributed by atoms with E-state index in [2.05, 4.69) is 0 Å². The molecule has 2 aromatic carbocycles. The molecule has 1 aliphatic rings. The molecule has 0 aliphatic carbocycles. The van der Waals surface area contributed by atoms with Crippen LogP contribution < -0.4 is 4.74 Å². The highest BCUT2D eigenvalue weighted by Crippen LogP contribution is 2.26. The molecule has 0 atom stereocenters. The molecule has 0 unspecified atom stereocenters. The van der Waals surface area contributed by atoms with Gasteiger partial charge in [-0.05, 0) is 49.6 Å². The maximum absolute atomic E-state index is 13.2. The highest BCUT2D eigenvalue weighted by atomic mass is 16.5. The Bertz CT molecular complexity index is 928. The number of amides is 1. The first-order valence-electron chi connectivity index (χ1n) is 9.35. The Hall–Kier alpha value is -3.08. The van der Waals surface area contributed by atoms with E-state index in [0.29, 0.717) is 5.69 Å². The molecule has 138 valence electrons. The summed E-state index contributed by atoms with van der Waals surface area (Å²) in [5.74, 6) is 0.811. The fourth-order valence-electron chi connectivity index (χ4n) is 3.48. The molecule has 0 saturated carbocycles. The Morgan fingerprint density at radius 3 is 2.48 bits per heavy atom. The predicted octanol–water partition coefficient (Wildman–Crippen LogP) is 4.17. The lowest BCUT2D eigenvalue weighted by molar-refractivity contribution is 0.0715. The molecule has 1 amide bonds. The van der Waals surface area contributed by atoms with Crippen molar-refractivity contribution in [1.29, 1.82) is 0 Å². The summed E-state index contributed by atoms with van der Waals surface area (Å²) in [6.45, 7) is 1.63. The van der Waals surface area contributed by atoms with Crippen LogP contribution in [0.5, 0.6) is 5.75 Å². The smallest absolute Gasteiger partial charge is 0.272 e. The molecule has 0 N–H and O–H groups in total. The Morgan fingerprint density at radius 2 is 1.74 bits per heavy atom. The van der Waals surface area contributed by atoms with Crippen LogP contribution in [-0.2, 0) is 0 Å². The van der Waals surface area contributed by atoms with Crippen LogP contribution in [0.1, 0.15) is 29.8 Å². The van der Waals surface area contributed by atoms with Crippen LogP contribution >= 0.6 is 0 Å². The monoisotopic (exact) mass is 361 g/mol. The van der Waals surface area contributed by atoms with Crippen molar-refractivity contribution in [3.05, 3.63) is 66.4 Å². The number of piperidine rings is 1. The molecular weight excluding hydrogens is 338 g/mol. The van der Waals surface area contributed by atoms with Gasteiger partial charge >= 0.3 is 0 Å². The number of rotatable bonds is 4. The van der Waals surface area contributed by atoms with Gasteiger partial charge < -0.3 is 9.64 Å². The second kappa shape index (κ2) is 7.66. The number of likely N-dealkylation sites (tertiary alicyclic amines) is 1. The van der Waals surface area contributed by atoms with Crippen molar-refractivity contribution in [3.63, 3.8) is 0 Å². The second-order valence-electron chi connectivity index (χ2n) is 6.75. The fraction of sp³-hybridized carbons (Fsp3) is 0.273. The number of carbonyl (C=O) groups is 1. The molecule has 1 saturated heterocycles. The number of nitrogens with zero attached hydrogens (tertiary/aromatic N) is 3. The minimum absolute atomic E-state index is 0.0419. The molecule has 1 fully saturated rings. The third kappa shape index (κ3) is 3.58. The molecule has 4 rings (SSSR count). The second-order valence-corrected chi connectivity index (χ2v) is 6.75. The van der Waals surface area contributed by atoms with Crippen LogP contribution in [-0.4, -0.2) is 40.8 Å². The first kappa shape index (κ1) is 17.3. The van der Waals surface area contributed by atoms with E-state index in [1.807, 2.05) is 65.6 Å². The molecule has 0 bridgehead atoms. The summed E-state index contributed by atoms with van der Waals surface area (Å²) in [7, 11) is 1.65. The Balaban J connectivity index is 1.78. The van der Waals surface area contributed by atoms with Gasteiger partial charge in [-0.1, -0.05) is 30.3 Å². The van der Waals surface area contributed by atoms with Gasteiger partial charge in [-0.2, -0.15) is 5.10 Å². The third-order valence-electron chi connectivity index (χ3n) is 4.94. The zero-order chi connectivity index (χ0) is 18.6. The van der Waals surface area contributed by atoms with Gasteiger partial charge in [0, 0.05) is 18.7 Å². The molecule has 2 heterocycles. The first-order chi connectivity index (χ1) is 13.3. The van der Waals surface area contributed by atoms with Crippen LogP contribution in [0.3, 0.4) is 0 Å². The maximum atomic E-state index is 13.2. The van der Waals surface area contributed by atoms with E-state index in [1.54, 1.807) is 11.8 Å². The lowest BCUT2D eigenvalue weighted by atomic mass is 10.1. The molecule has 3 aromatic rings. The Labute approximate surface area is 159 Å². The zero-order valence-electron chi connectivity index (χ0n) is 15.5. The van der Waals surface area contributed by atoms with E-state index in [0.717, 1.165) is 48.6 Å². The first-order valence-corrected chi connectivity index (χ1v) is 9.35. The van der Waals surface area contributed by atoms with Gasteiger partial charge in [-0.15, -0.1) is 0 Å². The number of methoxy groups -OCH3 is 1. The van der Waals surface area contributed by atoms with Gasteiger partial charge in [0.15, 0.2) is 0 Å². The third-order valence-corrected chi connectivity index (χ3v) is 4.94. The minimum atomic E-state index is 0.0419. The van der Waals surface area contributed by atoms with Crippen molar-refractivity contribution in [2.45, 2.75) is 19.3 Å². The van der Waals surface area contributed by atoms with E-state index in [9.17, 15) is 4.79 Å². The average molecular weight is 361 g/mol. The van der Waals surface area contributed by atoms with Crippen LogP contribution in [0.25, 0.3) is 16.9 Å². The van der Waals surface area contributed by atoms with Crippen LogP contribution in [0.4, 0.5) is 0 Å². The van der Waals surface area contributed by atoms with Crippen molar-refractivity contribution in [3.8, 4) is 22.7 Å². The number of ether oxygens (including phenoxy) is 1. The van der Waals surface area contributed by atoms with Crippen LogP contribution in [0, 0.1) is 0 Å². The number of hydrogen-bond acceptors (Lipinski definition) is 3. The summed E-state index contributed by atoms with van der Waals surface area (Å²) >= 11 is 0. The van der Waals surface area contributed by atoms with Gasteiger partial charge in [0.1, 0.15) is 11.4 Å². The van der Waals surface area contributed by atoms with Crippen molar-refractivity contribution in [1.82, 2.24) is 14.7 Å². The summed E-state index contributed by atoms with van der Waals surface area (Å²) < 4.78 is 7.09. The zero-order valence-corrected chi connectivity index (χ0v) is 15.5. The highest BCUT2D eigenvalue weighted by Gasteiger charge is 2.24. The molecule has 1 aliphatic heterocycles. The molecule has 0 radical (unpaired) electrons. The van der Waals surface area contributed by atoms with Crippen molar-refractivity contribution in [2.24, 2.45) is 0 Å². The van der Waals surface area contributed by atoms with Crippen molar-refractivity contribution < 1.29 is 9.53 Å². The normalized spacial score (nSPS) is 14.2. The molecule has 0 spiro atoms. The summed E-state index contributed by atoms with van der Waals surface area (Å²) in [6, 6.07) is 19.4. The summed E-state index contributed by atoms with van der Waals surface area (Å²) in [4.78, 5) is 15.1. The van der Waals surface area contributed by atoms with Crippen molar-refractivity contribution in [2.75, 3.05) is 20.2 Å². The summed E-state index contributed by atoms with van der Waals surface area (Å²) in [5, 5.41) is 4.76. The summed E-state index contributed by atoms with van der Waals surface area (Å²) in [5.41, 5.74) is 3.17. The van der Waals surface area contributed by atoms with Crippen LogP contribution in [0.15, 0.2) is 60.7 Å². The molecule has 5 heteroatoms. The van der Waals surface area contributed by atoms with E-state index in [4.69, 9.17) is 9.84 Å². The predicted molar refractivity (Wildman–Crippen MR) is 105 cm³/mol. The van der Waals surface area contributed by atoms with Gasteiger partial charge in [0.25, 0.3) is 5.91 Å². The lowest BCUT2D eigenvalue weighted by Gasteiger charge is -2.26.